The number of nitrogens with zero attached hydrogens (tertiary/aromatic N) is 2. The minimum Gasteiger partial charge on any atom is -0.465 e. The fourth-order valence-corrected chi connectivity index (χ4v) is 2.55. The molecule has 1 heterocycles. The van der Waals surface area contributed by atoms with E-state index >= 15 is 0 Å². The maximum atomic E-state index is 12.4. The first kappa shape index (κ1) is 19.0. The summed E-state index contributed by atoms with van der Waals surface area (Å²) in [5.41, 5.74) is 4.18. The smallest absolute Gasteiger partial charge is 0.337 e. The lowest BCUT2D eigenvalue weighted by Crippen LogP contribution is -2.14. The second-order valence-corrected chi connectivity index (χ2v) is 6.27. The van der Waals surface area contributed by atoms with Crippen LogP contribution in [0, 0.1) is 13.8 Å². The van der Waals surface area contributed by atoms with Crippen molar-refractivity contribution >= 4 is 29.2 Å². The van der Waals surface area contributed by atoms with Crippen LogP contribution in [0.3, 0.4) is 0 Å². The van der Waals surface area contributed by atoms with Crippen molar-refractivity contribution in [1.82, 2.24) is 9.97 Å². The van der Waals surface area contributed by atoms with E-state index < -0.39 is 5.97 Å². The summed E-state index contributed by atoms with van der Waals surface area (Å²) in [4.78, 5) is 32.4. The van der Waals surface area contributed by atoms with E-state index in [4.69, 9.17) is 4.74 Å². The molecule has 28 heavy (non-hydrogen) atoms. The van der Waals surface area contributed by atoms with Gasteiger partial charge in [-0.2, -0.15) is 0 Å². The second-order valence-electron chi connectivity index (χ2n) is 6.27. The van der Waals surface area contributed by atoms with Gasteiger partial charge in [0.2, 0.25) is 5.95 Å². The van der Waals surface area contributed by atoms with Gasteiger partial charge in [0.15, 0.2) is 0 Å². The molecule has 142 valence electrons. The van der Waals surface area contributed by atoms with Gasteiger partial charge in [-0.1, -0.05) is 18.2 Å². The van der Waals surface area contributed by atoms with Gasteiger partial charge in [-0.05, 0) is 49.2 Å². The molecule has 0 bridgehead atoms. The van der Waals surface area contributed by atoms with Crippen LogP contribution in [0.4, 0.5) is 17.3 Å². The lowest BCUT2D eigenvalue weighted by Gasteiger charge is -2.10. The number of benzene rings is 2. The topological polar surface area (TPSA) is 93.2 Å². The average Bonchev–Trinajstić information content (AvgIpc) is 2.71. The number of rotatable bonds is 5. The maximum absolute atomic E-state index is 12.4. The third-order valence-corrected chi connectivity index (χ3v) is 4.10. The Morgan fingerprint density at radius 1 is 0.964 bits per heavy atom. The van der Waals surface area contributed by atoms with Gasteiger partial charge < -0.3 is 15.4 Å². The van der Waals surface area contributed by atoms with Gasteiger partial charge in [0.1, 0.15) is 0 Å². The molecule has 3 rings (SSSR count). The van der Waals surface area contributed by atoms with E-state index in [2.05, 4.69) is 20.6 Å². The van der Waals surface area contributed by atoms with E-state index in [9.17, 15) is 9.59 Å². The van der Waals surface area contributed by atoms with Gasteiger partial charge in [-0.15, -0.1) is 0 Å². The molecule has 0 fully saturated rings. The van der Waals surface area contributed by atoms with Crippen molar-refractivity contribution in [2.24, 2.45) is 0 Å². The van der Waals surface area contributed by atoms with E-state index in [0.29, 0.717) is 22.8 Å². The molecule has 7 heteroatoms. The van der Waals surface area contributed by atoms with E-state index in [1.54, 1.807) is 24.3 Å². The molecule has 7 nitrogen and oxygen atoms in total. The first-order chi connectivity index (χ1) is 13.5. The molecular weight excluding hydrogens is 356 g/mol. The van der Waals surface area contributed by atoms with Crippen molar-refractivity contribution in [2.75, 3.05) is 17.7 Å². The highest BCUT2D eigenvalue weighted by molar-refractivity contribution is 6.04. The predicted molar refractivity (Wildman–Crippen MR) is 107 cm³/mol. The van der Waals surface area contributed by atoms with Crippen molar-refractivity contribution in [3.8, 4) is 0 Å². The Morgan fingerprint density at radius 2 is 1.71 bits per heavy atom. The molecule has 0 radical (unpaired) electrons. The molecule has 1 aromatic heterocycles. The van der Waals surface area contributed by atoms with Gasteiger partial charge in [-0.3, -0.25) is 4.79 Å². The lowest BCUT2D eigenvalue weighted by atomic mass is 10.1. The van der Waals surface area contributed by atoms with Gasteiger partial charge >= 0.3 is 5.97 Å². The third kappa shape index (κ3) is 4.50. The van der Waals surface area contributed by atoms with Crippen molar-refractivity contribution < 1.29 is 14.3 Å². The van der Waals surface area contributed by atoms with Crippen LogP contribution in [-0.4, -0.2) is 29.0 Å². The summed E-state index contributed by atoms with van der Waals surface area (Å²) in [7, 11) is 1.33. The summed E-state index contributed by atoms with van der Waals surface area (Å²) in [6.07, 6.45) is 2.89. The molecule has 2 N–H and O–H groups in total. The summed E-state index contributed by atoms with van der Waals surface area (Å²) < 4.78 is 4.71. The van der Waals surface area contributed by atoms with E-state index in [0.717, 1.165) is 16.8 Å². The molecule has 1 amide bonds. The summed E-state index contributed by atoms with van der Waals surface area (Å²) in [6, 6.07) is 12.6. The molecule has 0 atom stereocenters. The zero-order valence-corrected chi connectivity index (χ0v) is 15.8. The average molecular weight is 376 g/mol. The van der Waals surface area contributed by atoms with Gasteiger partial charge in [0, 0.05) is 23.8 Å². The number of methoxy groups -OCH3 is 1. The minimum absolute atomic E-state index is 0.284. The number of esters is 1. The summed E-state index contributed by atoms with van der Waals surface area (Å²) in [6.45, 7) is 3.90. The largest absolute Gasteiger partial charge is 0.465 e. The molecule has 0 aliphatic heterocycles. The van der Waals surface area contributed by atoms with Gasteiger partial charge in [0.25, 0.3) is 5.91 Å². The fourth-order valence-electron chi connectivity index (χ4n) is 2.55. The number of hydrogen-bond acceptors (Lipinski definition) is 6. The maximum Gasteiger partial charge on any atom is 0.337 e. The fraction of sp³-hybridized carbons (Fsp3) is 0.143. The summed E-state index contributed by atoms with van der Waals surface area (Å²) in [5, 5.41) is 5.87. The highest BCUT2D eigenvalue weighted by Crippen LogP contribution is 2.18. The van der Waals surface area contributed by atoms with Crippen LogP contribution in [0.15, 0.2) is 54.9 Å². The van der Waals surface area contributed by atoms with Crippen LogP contribution in [-0.2, 0) is 4.74 Å². The molecule has 0 unspecified atom stereocenters. The SMILES string of the molecule is COC(=O)c1cccc(Nc2ncc(C(=O)Nc3cc(C)ccc3C)cn2)c1. The first-order valence-corrected chi connectivity index (χ1v) is 8.62. The molecule has 0 aliphatic rings. The number of amides is 1. The Kier molecular flexibility index (Phi) is 5.64. The Balaban J connectivity index is 1.70. The van der Waals surface area contributed by atoms with Crippen LogP contribution in [0.5, 0.6) is 0 Å². The number of nitrogens with one attached hydrogen (secondary N) is 2. The number of aromatic nitrogens is 2. The standard InChI is InChI=1S/C21H20N4O3/c1-13-7-8-14(2)18(9-13)25-19(26)16-11-22-21(23-12-16)24-17-6-4-5-15(10-17)20(27)28-3/h4-12H,1-3H3,(H,25,26)(H,22,23,24). The highest BCUT2D eigenvalue weighted by atomic mass is 16.5. The molecule has 0 aliphatic carbocycles. The Hall–Kier alpha value is -3.74. The molecule has 0 saturated carbocycles. The third-order valence-electron chi connectivity index (χ3n) is 4.10. The summed E-state index contributed by atoms with van der Waals surface area (Å²) in [5.74, 6) is -0.402. The van der Waals surface area contributed by atoms with E-state index in [1.165, 1.54) is 19.5 Å². The number of hydrogen-bond donors (Lipinski definition) is 2. The Morgan fingerprint density at radius 3 is 2.43 bits per heavy atom. The molecule has 2 aromatic carbocycles. The summed E-state index contributed by atoms with van der Waals surface area (Å²) >= 11 is 0. The van der Waals surface area contributed by atoms with Crippen molar-refractivity contribution in [3.05, 3.63) is 77.1 Å². The Labute approximate surface area is 162 Å². The quantitative estimate of drug-likeness (QED) is 0.657. The number of carbonyl (C=O) groups excluding carboxylic acids is 2. The number of carbonyl (C=O) groups is 2. The Bertz CT molecular complexity index is 1020. The number of anilines is 3. The molecule has 0 spiro atoms. The highest BCUT2D eigenvalue weighted by Gasteiger charge is 2.10. The number of ether oxygens (including phenoxy) is 1. The van der Waals surface area contributed by atoms with Crippen LogP contribution < -0.4 is 10.6 Å². The van der Waals surface area contributed by atoms with E-state index in [-0.39, 0.29) is 5.91 Å². The normalized spacial score (nSPS) is 10.2. The van der Waals surface area contributed by atoms with Crippen LogP contribution in [0.25, 0.3) is 0 Å². The minimum atomic E-state index is -0.428. The van der Waals surface area contributed by atoms with Crippen molar-refractivity contribution in [3.63, 3.8) is 0 Å². The second kappa shape index (κ2) is 8.30. The zero-order valence-electron chi connectivity index (χ0n) is 15.8. The first-order valence-electron chi connectivity index (χ1n) is 8.62. The van der Waals surface area contributed by atoms with Crippen LogP contribution in [0.1, 0.15) is 31.8 Å². The van der Waals surface area contributed by atoms with Gasteiger partial charge in [0.05, 0.1) is 18.2 Å². The van der Waals surface area contributed by atoms with Crippen LogP contribution >= 0.6 is 0 Å². The molecular formula is C21H20N4O3. The predicted octanol–water partition coefficient (Wildman–Crippen LogP) is 3.88. The van der Waals surface area contributed by atoms with Crippen molar-refractivity contribution in [2.45, 2.75) is 13.8 Å². The zero-order chi connectivity index (χ0) is 20.1. The van der Waals surface area contributed by atoms with Gasteiger partial charge in [-0.25, -0.2) is 14.8 Å². The molecule has 0 saturated heterocycles. The lowest BCUT2D eigenvalue weighted by molar-refractivity contribution is 0.0600. The molecule has 3 aromatic rings. The van der Waals surface area contributed by atoms with Crippen molar-refractivity contribution in [1.29, 1.82) is 0 Å². The number of aryl methyl sites for hydroxylation is 2. The van der Waals surface area contributed by atoms with Crippen LogP contribution in [0.2, 0.25) is 0 Å². The monoisotopic (exact) mass is 376 g/mol. The van der Waals surface area contributed by atoms with E-state index in [1.807, 2.05) is 32.0 Å².